The predicted molar refractivity (Wildman–Crippen MR) is 70.2 cm³/mol. The number of alkyl halides is 1. The van der Waals surface area contributed by atoms with Crippen LogP contribution in [0.5, 0.6) is 0 Å². The molecule has 90 valence electrons. The van der Waals surface area contributed by atoms with Crippen LogP contribution in [0.1, 0.15) is 28.4 Å². The summed E-state index contributed by atoms with van der Waals surface area (Å²) < 4.78 is 0. The number of aliphatic carboxylic acids is 1. The summed E-state index contributed by atoms with van der Waals surface area (Å²) in [6.07, 6.45) is 2.56. The molecule has 4 heteroatoms. The fraction of sp³-hybridized carbons (Fsp3) is 0.231. The number of aryl methyl sites for hydroxylation is 1. The first-order chi connectivity index (χ1) is 7.91. The molecule has 0 aliphatic rings. The van der Waals surface area contributed by atoms with Crippen LogP contribution >= 0.6 is 15.9 Å². The van der Waals surface area contributed by atoms with E-state index in [1.54, 1.807) is 6.07 Å². The molecule has 0 bridgehead atoms. The number of benzene rings is 1. The maximum absolute atomic E-state index is 11.4. The van der Waals surface area contributed by atoms with Crippen molar-refractivity contribution in [1.29, 1.82) is 0 Å². The number of carbonyl (C=O) groups excluding carboxylic acids is 1. The Morgan fingerprint density at radius 3 is 2.59 bits per heavy atom. The lowest BCUT2D eigenvalue weighted by Crippen LogP contribution is -2.03. The third-order valence-corrected chi connectivity index (χ3v) is 3.42. The number of Topliss-reactive ketones (excluding diaryl/α,β-unsaturated/α-hetero) is 1. The van der Waals surface area contributed by atoms with Gasteiger partial charge in [0.1, 0.15) is 5.78 Å². The highest BCUT2D eigenvalue weighted by atomic mass is 79.9. The molecule has 3 nitrogen and oxygen atoms in total. The Balaban J connectivity index is 3.21. The Bertz CT molecular complexity index is 478. The number of rotatable bonds is 4. The molecule has 1 rings (SSSR count). The molecule has 0 amide bonds. The van der Waals surface area contributed by atoms with E-state index in [4.69, 9.17) is 5.11 Å². The van der Waals surface area contributed by atoms with Crippen molar-refractivity contribution >= 4 is 33.8 Å². The maximum atomic E-state index is 11.4. The van der Waals surface area contributed by atoms with Crippen LogP contribution in [0.25, 0.3) is 6.08 Å². The first-order valence-electron chi connectivity index (χ1n) is 5.08. The van der Waals surface area contributed by atoms with Crippen molar-refractivity contribution in [3.8, 4) is 0 Å². The maximum Gasteiger partial charge on any atom is 0.328 e. The van der Waals surface area contributed by atoms with E-state index in [9.17, 15) is 9.59 Å². The largest absolute Gasteiger partial charge is 0.478 e. The molecule has 0 radical (unpaired) electrons. The van der Waals surface area contributed by atoms with Crippen molar-refractivity contribution < 1.29 is 14.7 Å². The quantitative estimate of drug-likeness (QED) is 0.686. The van der Waals surface area contributed by atoms with Crippen molar-refractivity contribution in [2.45, 2.75) is 18.7 Å². The van der Waals surface area contributed by atoms with Gasteiger partial charge in [0.05, 0.1) is 4.83 Å². The molecule has 0 saturated heterocycles. The lowest BCUT2D eigenvalue weighted by molar-refractivity contribution is -0.131. The van der Waals surface area contributed by atoms with Crippen molar-refractivity contribution in [2.75, 3.05) is 0 Å². The van der Waals surface area contributed by atoms with E-state index in [0.29, 0.717) is 0 Å². The minimum Gasteiger partial charge on any atom is -0.478 e. The molecule has 1 aromatic rings. The van der Waals surface area contributed by atoms with E-state index < -0.39 is 10.8 Å². The summed E-state index contributed by atoms with van der Waals surface area (Å²) >= 11 is 3.31. The van der Waals surface area contributed by atoms with E-state index in [0.717, 1.165) is 22.8 Å². The van der Waals surface area contributed by atoms with Gasteiger partial charge in [-0.3, -0.25) is 4.79 Å². The van der Waals surface area contributed by atoms with Crippen LogP contribution in [0, 0.1) is 6.92 Å². The normalized spacial score (nSPS) is 12.6. The first-order valence-corrected chi connectivity index (χ1v) is 5.99. The number of carboxylic acids is 1. The van der Waals surface area contributed by atoms with E-state index in [-0.39, 0.29) is 5.78 Å². The summed E-state index contributed by atoms with van der Waals surface area (Å²) in [7, 11) is 0. The van der Waals surface area contributed by atoms with Gasteiger partial charge in [-0.05, 0) is 31.1 Å². The molecule has 1 atom stereocenters. The molecule has 1 aromatic carbocycles. The minimum absolute atomic E-state index is 0.0134. The van der Waals surface area contributed by atoms with Gasteiger partial charge in [-0.1, -0.05) is 39.7 Å². The molecule has 0 heterocycles. The molecular weight excluding hydrogens is 284 g/mol. The zero-order valence-corrected chi connectivity index (χ0v) is 11.2. The number of halogens is 1. The average Bonchev–Trinajstić information content (AvgIpc) is 2.26. The minimum atomic E-state index is -1.01. The highest BCUT2D eigenvalue weighted by Crippen LogP contribution is 2.28. The smallest absolute Gasteiger partial charge is 0.328 e. The highest BCUT2D eigenvalue weighted by molar-refractivity contribution is 9.09. The lowest BCUT2D eigenvalue weighted by Gasteiger charge is -2.11. The summed E-state index contributed by atoms with van der Waals surface area (Å²) in [5.74, 6) is -1.02. The molecule has 0 saturated carbocycles. The molecule has 17 heavy (non-hydrogen) atoms. The standard InChI is InChI=1S/C13H13BrO3/c1-8-3-4-10(5-6-12(16)17)11(7-8)13(14)9(2)15/h3-7,13H,1-2H3,(H,16,17)/b6-5+. The van der Waals surface area contributed by atoms with Gasteiger partial charge in [0.15, 0.2) is 0 Å². The van der Waals surface area contributed by atoms with Gasteiger partial charge in [-0.15, -0.1) is 0 Å². The van der Waals surface area contributed by atoms with Gasteiger partial charge in [0, 0.05) is 6.08 Å². The number of carboxylic acid groups (broad SMARTS) is 1. The summed E-state index contributed by atoms with van der Waals surface area (Å²) in [6.45, 7) is 3.42. The van der Waals surface area contributed by atoms with Crippen molar-refractivity contribution in [2.24, 2.45) is 0 Å². The topological polar surface area (TPSA) is 54.4 Å². The van der Waals surface area contributed by atoms with Gasteiger partial charge in [0.2, 0.25) is 0 Å². The highest BCUT2D eigenvalue weighted by Gasteiger charge is 2.15. The van der Waals surface area contributed by atoms with Gasteiger partial charge in [-0.25, -0.2) is 4.79 Å². The summed E-state index contributed by atoms with van der Waals surface area (Å²) in [5, 5.41) is 8.60. The van der Waals surface area contributed by atoms with E-state index in [1.165, 1.54) is 13.0 Å². The molecule has 0 spiro atoms. The Morgan fingerprint density at radius 1 is 1.41 bits per heavy atom. The Morgan fingerprint density at radius 2 is 2.06 bits per heavy atom. The molecule has 1 unspecified atom stereocenters. The second-order valence-corrected chi connectivity index (χ2v) is 4.69. The second kappa shape index (κ2) is 5.77. The molecule has 1 N–H and O–H groups in total. The molecule has 0 aliphatic carbocycles. The lowest BCUT2D eigenvalue weighted by atomic mass is 9.99. The van der Waals surface area contributed by atoms with E-state index >= 15 is 0 Å². The van der Waals surface area contributed by atoms with Gasteiger partial charge < -0.3 is 5.11 Å². The van der Waals surface area contributed by atoms with Crippen LogP contribution in [0.3, 0.4) is 0 Å². The zero-order chi connectivity index (χ0) is 13.0. The van der Waals surface area contributed by atoms with Crippen molar-refractivity contribution in [1.82, 2.24) is 0 Å². The van der Waals surface area contributed by atoms with Crippen LogP contribution in [-0.2, 0) is 9.59 Å². The van der Waals surface area contributed by atoms with Gasteiger partial charge in [0.25, 0.3) is 0 Å². The predicted octanol–water partition coefficient (Wildman–Crippen LogP) is 3.12. The molecule has 0 aliphatic heterocycles. The van der Waals surface area contributed by atoms with Gasteiger partial charge in [-0.2, -0.15) is 0 Å². The Labute approximate surface area is 108 Å². The monoisotopic (exact) mass is 296 g/mol. The summed E-state index contributed by atoms with van der Waals surface area (Å²) in [4.78, 5) is 21.4. The first kappa shape index (κ1) is 13.6. The van der Waals surface area contributed by atoms with Crippen LogP contribution < -0.4 is 0 Å². The molecular formula is C13H13BrO3. The number of carbonyl (C=O) groups is 2. The van der Waals surface area contributed by atoms with E-state index in [1.807, 2.05) is 19.1 Å². The molecule has 0 fully saturated rings. The zero-order valence-electron chi connectivity index (χ0n) is 9.61. The third kappa shape index (κ3) is 3.82. The van der Waals surface area contributed by atoms with Crippen LogP contribution in [0.2, 0.25) is 0 Å². The summed E-state index contributed by atoms with van der Waals surface area (Å²) in [5.41, 5.74) is 2.54. The average molecular weight is 297 g/mol. The van der Waals surface area contributed by atoms with Crippen LogP contribution in [-0.4, -0.2) is 16.9 Å². The Kier molecular flexibility index (Phi) is 4.63. The number of hydrogen-bond acceptors (Lipinski definition) is 2. The molecule has 0 aromatic heterocycles. The van der Waals surface area contributed by atoms with Crippen molar-refractivity contribution in [3.63, 3.8) is 0 Å². The fourth-order valence-electron chi connectivity index (χ4n) is 1.45. The fourth-order valence-corrected chi connectivity index (χ4v) is 1.84. The number of hydrogen-bond donors (Lipinski definition) is 1. The third-order valence-electron chi connectivity index (χ3n) is 2.28. The number of ketones is 1. The van der Waals surface area contributed by atoms with Crippen molar-refractivity contribution in [3.05, 3.63) is 41.0 Å². The van der Waals surface area contributed by atoms with E-state index in [2.05, 4.69) is 15.9 Å². The van der Waals surface area contributed by atoms with Gasteiger partial charge >= 0.3 is 5.97 Å². The SMILES string of the molecule is CC(=O)C(Br)c1cc(C)ccc1/C=C/C(=O)O. The Hall–Kier alpha value is -1.42. The summed E-state index contributed by atoms with van der Waals surface area (Å²) in [6, 6.07) is 5.56. The van der Waals surface area contributed by atoms with Crippen LogP contribution in [0.4, 0.5) is 0 Å². The van der Waals surface area contributed by atoms with Crippen LogP contribution in [0.15, 0.2) is 24.3 Å². The second-order valence-electron chi connectivity index (χ2n) is 3.78.